The van der Waals surface area contributed by atoms with Crippen LogP contribution in [0.2, 0.25) is 5.02 Å². The maximum absolute atomic E-state index is 11.7. The van der Waals surface area contributed by atoms with E-state index in [0.29, 0.717) is 17.1 Å². The van der Waals surface area contributed by atoms with Gasteiger partial charge in [-0.15, -0.1) is 11.3 Å². The highest BCUT2D eigenvalue weighted by Crippen LogP contribution is 2.16. The molecule has 0 aliphatic rings. The van der Waals surface area contributed by atoms with Gasteiger partial charge in [-0.1, -0.05) is 23.7 Å². The van der Waals surface area contributed by atoms with E-state index in [1.54, 1.807) is 35.6 Å². The van der Waals surface area contributed by atoms with Crippen LogP contribution in [-0.2, 0) is 6.54 Å². The van der Waals surface area contributed by atoms with Crippen molar-refractivity contribution < 1.29 is 9.90 Å². The molecule has 0 aliphatic carbocycles. The van der Waals surface area contributed by atoms with E-state index in [1.165, 1.54) is 0 Å². The van der Waals surface area contributed by atoms with Gasteiger partial charge in [-0.3, -0.25) is 0 Å². The van der Waals surface area contributed by atoms with Crippen LogP contribution in [0.1, 0.15) is 27.2 Å². The van der Waals surface area contributed by atoms with Crippen molar-refractivity contribution in [3.63, 3.8) is 0 Å². The Balaban J connectivity index is 1.76. The van der Waals surface area contributed by atoms with Gasteiger partial charge in [0.1, 0.15) is 5.01 Å². The number of rotatable bonds is 5. The Morgan fingerprint density at radius 3 is 2.59 bits per heavy atom. The Hall–Kier alpha value is -1.63. The molecule has 1 unspecified atom stereocenters. The fourth-order valence-corrected chi connectivity index (χ4v) is 2.83. The molecule has 1 heterocycles. The van der Waals surface area contributed by atoms with Crippen molar-refractivity contribution in [2.24, 2.45) is 0 Å². The smallest absolute Gasteiger partial charge is 0.315 e. The third kappa shape index (κ3) is 4.69. The van der Waals surface area contributed by atoms with Gasteiger partial charge in [0.2, 0.25) is 0 Å². The standard InChI is InChI=1S/C15H18ClN3O2S/c1-9-10(2)22-14(19-9)8-18-15(21)17-7-13(20)11-3-5-12(16)6-4-11/h3-6,13,20H,7-8H2,1-2H3,(H2,17,18,21). The van der Waals surface area contributed by atoms with Crippen LogP contribution in [0.15, 0.2) is 24.3 Å². The molecule has 0 saturated carbocycles. The van der Waals surface area contributed by atoms with Crippen LogP contribution >= 0.6 is 22.9 Å². The predicted octanol–water partition coefficient (Wildman–Crippen LogP) is 2.95. The van der Waals surface area contributed by atoms with Crippen LogP contribution in [0.4, 0.5) is 4.79 Å². The van der Waals surface area contributed by atoms with E-state index in [4.69, 9.17) is 11.6 Å². The average Bonchev–Trinajstić information content (AvgIpc) is 2.82. The van der Waals surface area contributed by atoms with Gasteiger partial charge < -0.3 is 15.7 Å². The third-order valence-electron chi connectivity index (χ3n) is 3.18. The zero-order valence-corrected chi connectivity index (χ0v) is 14.0. The zero-order valence-electron chi connectivity index (χ0n) is 12.4. The van der Waals surface area contributed by atoms with Gasteiger partial charge in [0.15, 0.2) is 0 Å². The molecule has 118 valence electrons. The molecule has 0 spiro atoms. The second-order valence-corrected chi connectivity index (χ2v) is 6.60. The minimum Gasteiger partial charge on any atom is -0.387 e. The summed E-state index contributed by atoms with van der Waals surface area (Å²) in [7, 11) is 0. The first-order valence-electron chi connectivity index (χ1n) is 6.84. The molecular weight excluding hydrogens is 322 g/mol. The number of aromatic nitrogens is 1. The summed E-state index contributed by atoms with van der Waals surface area (Å²) in [6.07, 6.45) is -0.771. The number of amides is 2. The number of nitrogens with one attached hydrogen (secondary N) is 2. The fraction of sp³-hybridized carbons (Fsp3) is 0.333. The quantitative estimate of drug-likeness (QED) is 0.784. The van der Waals surface area contributed by atoms with Gasteiger partial charge in [0.05, 0.1) is 18.3 Å². The number of nitrogens with zero attached hydrogens (tertiary/aromatic N) is 1. The molecule has 2 rings (SSSR count). The number of thiazole rings is 1. The Morgan fingerprint density at radius 1 is 1.32 bits per heavy atom. The molecule has 2 amide bonds. The largest absolute Gasteiger partial charge is 0.387 e. The molecular formula is C15H18ClN3O2S. The molecule has 7 heteroatoms. The van der Waals surface area contributed by atoms with Gasteiger partial charge in [-0.2, -0.15) is 0 Å². The molecule has 1 atom stereocenters. The van der Waals surface area contributed by atoms with Crippen LogP contribution in [0.25, 0.3) is 0 Å². The summed E-state index contributed by atoms with van der Waals surface area (Å²) >= 11 is 7.35. The summed E-state index contributed by atoms with van der Waals surface area (Å²) < 4.78 is 0. The first kappa shape index (κ1) is 16.7. The van der Waals surface area contributed by atoms with E-state index in [2.05, 4.69) is 15.6 Å². The van der Waals surface area contributed by atoms with Gasteiger partial charge in [0.25, 0.3) is 0 Å². The normalized spacial score (nSPS) is 12.0. The summed E-state index contributed by atoms with van der Waals surface area (Å²) in [6, 6.07) is 6.53. The Morgan fingerprint density at radius 2 is 2.00 bits per heavy atom. The maximum Gasteiger partial charge on any atom is 0.315 e. The lowest BCUT2D eigenvalue weighted by Crippen LogP contribution is -2.37. The first-order chi connectivity index (χ1) is 10.5. The number of aliphatic hydroxyl groups excluding tert-OH is 1. The second-order valence-electron chi connectivity index (χ2n) is 4.88. The monoisotopic (exact) mass is 339 g/mol. The van der Waals surface area contributed by atoms with Crippen LogP contribution in [0.3, 0.4) is 0 Å². The van der Waals surface area contributed by atoms with Crippen LogP contribution in [0.5, 0.6) is 0 Å². The molecule has 0 radical (unpaired) electrons. The SMILES string of the molecule is Cc1nc(CNC(=O)NCC(O)c2ccc(Cl)cc2)sc1C. The molecule has 1 aromatic heterocycles. The minimum atomic E-state index is -0.771. The van der Waals surface area contributed by atoms with Crippen molar-refractivity contribution >= 4 is 29.0 Å². The lowest BCUT2D eigenvalue weighted by Gasteiger charge is -2.12. The number of hydrogen-bond donors (Lipinski definition) is 3. The molecule has 22 heavy (non-hydrogen) atoms. The van der Waals surface area contributed by atoms with Crippen molar-refractivity contribution in [3.8, 4) is 0 Å². The fourth-order valence-electron chi connectivity index (χ4n) is 1.83. The van der Waals surface area contributed by atoms with E-state index in [0.717, 1.165) is 15.6 Å². The highest BCUT2D eigenvalue weighted by atomic mass is 35.5. The zero-order chi connectivity index (χ0) is 16.1. The number of carbonyl (C=O) groups is 1. The molecule has 0 aliphatic heterocycles. The first-order valence-corrected chi connectivity index (χ1v) is 8.03. The number of halogens is 1. The van der Waals surface area contributed by atoms with Crippen molar-refractivity contribution in [1.29, 1.82) is 0 Å². The predicted molar refractivity (Wildman–Crippen MR) is 88.2 cm³/mol. The lowest BCUT2D eigenvalue weighted by atomic mass is 10.1. The van der Waals surface area contributed by atoms with Crippen LogP contribution in [0, 0.1) is 13.8 Å². The second kappa shape index (κ2) is 7.58. The molecule has 2 aromatic rings. The maximum atomic E-state index is 11.7. The summed E-state index contributed by atoms with van der Waals surface area (Å²) in [6.45, 7) is 4.45. The molecule has 0 saturated heterocycles. The number of benzene rings is 1. The van der Waals surface area contributed by atoms with Crippen molar-refractivity contribution in [1.82, 2.24) is 15.6 Å². The van der Waals surface area contributed by atoms with E-state index >= 15 is 0 Å². The third-order valence-corrected chi connectivity index (χ3v) is 4.51. The van der Waals surface area contributed by atoms with E-state index in [-0.39, 0.29) is 12.6 Å². The number of hydrogen-bond acceptors (Lipinski definition) is 4. The topological polar surface area (TPSA) is 74.2 Å². The van der Waals surface area contributed by atoms with E-state index in [9.17, 15) is 9.90 Å². The number of aryl methyl sites for hydroxylation is 2. The van der Waals surface area contributed by atoms with E-state index < -0.39 is 6.10 Å². The number of urea groups is 1. The molecule has 5 nitrogen and oxygen atoms in total. The Kier molecular flexibility index (Phi) is 5.76. The molecule has 0 bridgehead atoms. The van der Waals surface area contributed by atoms with Crippen molar-refractivity contribution in [2.75, 3.05) is 6.54 Å². The highest BCUT2D eigenvalue weighted by molar-refractivity contribution is 7.11. The lowest BCUT2D eigenvalue weighted by molar-refractivity contribution is 0.173. The summed E-state index contributed by atoms with van der Waals surface area (Å²) in [5.74, 6) is 0. The summed E-state index contributed by atoms with van der Waals surface area (Å²) in [4.78, 5) is 17.2. The molecule has 3 N–H and O–H groups in total. The molecule has 1 aromatic carbocycles. The van der Waals surface area contributed by atoms with Gasteiger partial charge in [-0.05, 0) is 31.5 Å². The Bertz CT molecular complexity index is 623. The van der Waals surface area contributed by atoms with Crippen molar-refractivity contribution in [2.45, 2.75) is 26.5 Å². The average molecular weight is 340 g/mol. The number of carbonyl (C=O) groups excluding carboxylic acids is 1. The Labute approximate surface area is 138 Å². The van der Waals surface area contributed by atoms with Gasteiger partial charge in [-0.25, -0.2) is 9.78 Å². The highest BCUT2D eigenvalue weighted by Gasteiger charge is 2.10. The van der Waals surface area contributed by atoms with Crippen LogP contribution in [-0.4, -0.2) is 22.7 Å². The minimum absolute atomic E-state index is 0.128. The summed E-state index contributed by atoms with van der Waals surface area (Å²) in [5.41, 5.74) is 1.69. The van der Waals surface area contributed by atoms with Crippen molar-refractivity contribution in [3.05, 3.63) is 50.4 Å². The summed E-state index contributed by atoms with van der Waals surface area (Å²) in [5, 5.41) is 16.8. The molecule has 0 fully saturated rings. The van der Waals surface area contributed by atoms with Crippen LogP contribution < -0.4 is 10.6 Å². The van der Waals surface area contributed by atoms with Gasteiger partial charge in [0, 0.05) is 16.4 Å². The van der Waals surface area contributed by atoms with Gasteiger partial charge >= 0.3 is 6.03 Å². The van der Waals surface area contributed by atoms with E-state index in [1.807, 2.05) is 13.8 Å². The number of aliphatic hydroxyl groups is 1.